The largest absolute Gasteiger partial charge is 0.573 e. The van der Waals surface area contributed by atoms with Crippen LogP contribution in [-0.4, -0.2) is 62.1 Å². The number of fused-ring (bicyclic) bond motifs is 2. The van der Waals surface area contributed by atoms with Crippen LogP contribution in [0.4, 0.5) is 13.2 Å². The predicted molar refractivity (Wildman–Crippen MR) is 180 cm³/mol. The quantitative estimate of drug-likeness (QED) is 0.144. The number of halogens is 3. The first kappa shape index (κ1) is 34.5. The lowest BCUT2D eigenvalue weighted by atomic mass is 10.1. The second-order valence-corrected chi connectivity index (χ2v) is 13.2. The Morgan fingerprint density at radius 3 is 2.10 bits per heavy atom. The van der Waals surface area contributed by atoms with Crippen LogP contribution in [0.5, 0.6) is 28.7 Å². The molecule has 15 heteroatoms. The van der Waals surface area contributed by atoms with Crippen LogP contribution < -0.4 is 23.7 Å². The van der Waals surface area contributed by atoms with E-state index in [1.807, 2.05) is 36.0 Å². The maximum absolute atomic E-state index is 14.2. The van der Waals surface area contributed by atoms with Crippen molar-refractivity contribution in [3.8, 4) is 40.0 Å². The van der Waals surface area contributed by atoms with Gasteiger partial charge in [-0.15, -0.1) is 13.2 Å². The fourth-order valence-corrected chi connectivity index (χ4v) is 7.23. The first-order valence-electron chi connectivity index (χ1n) is 15.1. The third kappa shape index (κ3) is 6.73. The number of methoxy groups -OCH3 is 4. The third-order valence-corrected chi connectivity index (χ3v) is 10.1. The highest BCUT2D eigenvalue weighted by Crippen LogP contribution is 2.39. The molecule has 6 rings (SSSR count). The topological polar surface area (TPSA) is 117 Å². The molecule has 1 N–H and O–H groups in total. The number of pyridine rings is 1. The molecule has 0 saturated carbocycles. The number of rotatable bonds is 12. The molecule has 0 aliphatic carbocycles. The van der Waals surface area contributed by atoms with Gasteiger partial charge in [0.05, 0.1) is 38.9 Å². The lowest BCUT2D eigenvalue weighted by molar-refractivity contribution is -0.274. The zero-order chi connectivity index (χ0) is 35.8. The van der Waals surface area contributed by atoms with Crippen molar-refractivity contribution < 1.29 is 45.3 Å². The molecule has 0 radical (unpaired) electrons. The number of benzene rings is 3. The summed E-state index contributed by atoms with van der Waals surface area (Å²) < 4.78 is 95.9. The van der Waals surface area contributed by atoms with Gasteiger partial charge in [0.2, 0.25) is 10.0 Å². The molecule has 0 spiro atoms. The Balaban J connectivity index is 1.43. The SMILES string of the molecule is COc1ccc(CN(Cc2ccnc3[nH]c(-c4cn(C)c5cc(OC)c(OC)cc45)cc23)S(=O)(=O)c2ccc(OC(F)(F)F)cc2)c(OC)c1. The highest BCUT2D eigenvalue weighted by atomic mass is 32.2. The standard InChI is InChI=1S/C35H33F3N4O7S/c1-41-20-28(27-16-32(47-4)33(48-5)17-30(27)41)29-15-26-21(12-13-39-34(26)40-29)18-42(19-22-6-7-24(45-2)14-31(22)46-3)50(43,44)25-10-8-23(9-11-25)49-35(36,37)38/h6-17,20H,18-19H2,1-5H3,(H,39,40). The minimum atomic E-state index is -4.93. The lowest BCUT2D eigenvalue weighted by Crippen LogP contribution is -2.30. The molecule has 3 aromatic heterocycles. The van der Waals surface area contributed by atoms with Gasteiger partial charge in [0.25, 0.3) is 0 Å². The third-order valence-electron chi connectivity index (χ3n) is 8.29. The van der Waals surface area contributed by atoms with Crippen molar-refractivity contribution >= 4 is 32.0 Å². The van der Waals surface area contributed by atoms with E-state index >= 15 is 0 Å². The predicted octanol–water partition coefficient (Wildman–Crippen LogP) is 7.05. The Morgan fingerprint density at radius 2 is 1.44 bits per heavy atom. The van der Waals surface area contributed by atoms with Gasteiger partial charge >= 0.3 is 6.36 Å². The second-order valence-electron chi connectivity index (χ2n) is 11.3. The Morgan fingerprint density at radius 1 is 0.780 bits per heavy atom. The van der Waals surface area contributed by atoms with Gasteiger partial charge in [-0.3, -0.25) is 0 Å². The number of aryl methyl sites for hydroxylation is 1. The van der Waals surface area contributed by atoms with E-state index in [9.17, 15) is 21.6 Å². The molecule has 50 heavy (non-hydrogen) atoms. The van der Waals surface area contributed by atoms with Gasteiger partial charge in [0.15, 0.2) is 11.5 Å². The van der Waals surface area contributed by atoms with Crippen molar-refractivity contribution in [1.29, 1.82) is 0 Å². The number of nitrogens with one attached hydrogen (secondary N) is 1. The van der Waals surface area contributed by atoms with Crippen LogP contribution >= 0.6 is 0 Å². The number of nitrogens with zero attached hydrogens (tertiary/aromatic N) is 3. The first-order chi connectivity index (χ1) is 23.8. The van der Waals surface area contributed by atoms with Crippen molar-refractivity contribution in [2.45, 2.75) is 24.3 Å². The summed E-state index contributed by atoms with van der Waals surface area (Å²) >= 11 is 0. The van der Waals surface area contributed by atoms with Gasteiger partial charge in [0.1, 0.15) is 22.9 Å². The van der Waals surface area contributed by atoms with Crippen LogP contribution in [-0.2, 0) is 30.2 Å². The normalized spacial score (nSPS) is 12.1. The molecular formula is C35H33F3N4O7S. The minimum absolute atomic E-state index is 0.116. The fourth-order valence-electron chi connectivity index (χ4n) is 5.84. The van der Waals surface area contributed by atoms with E-state index in [1.54, 1.807) is 44.7 Å². The smallest absolute Gasteiger partial charge is 0.497 e. The van der Waals surface area contributed by atoms with Gasteiger partial charge in [-0.1, -0.05) is 6.07 Å². The number of alkyl halides is 3. The van der Waals surface area contributed by atoms with Crippen molar-refractivity contribution in [3.05, 3.63) is 90.3 Å². The Hall–Kier alpha value is -5.41. The van der Waals surface area contributed by atoms with Gasteiger partial charge in [0, 0.05) is 72.3 Å². The number of H-pyrrole nitrogens is 1. The van der Waals surface area contributed by atoms with E-state index < -0.39 is 22.1 Å². The Labute approximate surface area is 285 Å². The fraction of sp³-hybridized carbons (Fsp3) is 0.229. The number of ether oxygens (including phenoxy) is 5. The van der Waals surface area contributed by atoms with Crippen LogP contribution in [0, 0.1) is 0 Å². The van der Waals surface area contributed by atoms with Gasteiger partial charge in [-0.05, 0) is 54.1 Å². The average molecular weight is 711 g/mol. The Kier molecular flexibility index (Phi) is 9.29. The van der Waals surface area contributed by atoms with Crippen LogP contribution in [0.2, 0.25) is 0 Å². The van der Waals surface area contributed by atoms with Crippen molar-refractivity contribution in [3.63, 3.8) is 0 Å². The lowest BCUT2D eigenvalue weighted by Gasteiger charge is -2.24. The van der Waals surface area contributed by atoms with Crippen molar-refractivity contribution in [2.75, 3.05) is 28.4 Å². The number of aromatic nitrogens is 3. The van der Waals surface area contributed by atoms with E-state index in [1.165, 1.54) is 18.5 Å². The highest BCUT2D eigenvalue weighted by Gasteiger charge is 2.32. The summed E-state index contributed by atoms with van der Waals surface area (Å²) in [5, 5.41) is 1.57. The van der Waals surface area contributed by atoms with E-state index in [0.717, 1.165) is 46.4 Å². The second kappa shape index (κ2) is 13.5. The molecule has 0 unspecified atom stereocenters. The van der Waals surface area contributed by atoms with Gasteiger partial charge in [-0.2, -0.15) is 4.31 Å². The number of hydrogen-bond donors (Lipinski definition) is 1. The zero-order valence-corrected chi connectivity index (χ0v) is 28.5. The monoisotopic (exact) mass is 710 g/mol. The highest BCUT2D eigenvalue weighted by molar-refractivity contribution is 7.89. The van der Waals surface area contributed by atoms with E-state index in [-0.39, 0.29) is 18.0 Å². The number of aromatic amines is 1. The average Bonchev–Trinajstić information content (AvgIpc) is 3.68. The Bertz CT molecular complexity index is 2280. The van der Waals surface area contributed by atoms with Crippen LogP contribution in [0.25, 0.3) is 33.2 Å². The van der Waals surface area contributed by atoms with Gasteiger partial charge in [-0.25, -0.2) is 13.4 Å². The minimum Gasteiger partial charge on any atom is -0.497 e. The molecule has 6 aromatic rings. The summed E-state index contributed by atoms with van der Waals surface area (Å²) in [6.07, 6.45) is -1.38. The van der Waals surface area contributed by atoms with Crippen molar-refractivity contribution in [2.24, 2.45) is 7.05 Å². The van der Waals surface area contributed by atoms with E-state index in [0.29, 0.717) is 45.2 Å². The molecule has 0 bridgehead atoms. The van der Waals surface area contributed by atoms with E-state index in [4.69, 9.17) is 18.9 Å². The number of sulfonamides is 1. The summed E-state index contributed by atoms with van der Waals surface area (Å²) in [6.45, 7) is -0.252. The summed E-state index contributed by atoms with van der Waals surface area (Å²) in [5.41, 5.74) is 4.20. The van der Waals surface area contributed by atoms with Crippen LogP contribution in [0.15, 0.2) is 84.0 Å². The molecule has 0 aliphatic rings. The molecular weight excluding hydrogens is 677 g/mol. The molecule has 11 nitrogen and oxygen atoms in total. The maximum atomic E-state index is 14.2. The number of hydrogen-bond acceptors (Lipinski definition) is 8. The molecule has 0 fully saturated rings. The summed E-state index contributed by atoms with van der Waals surface area (Å²) in [6, 6.07) is 16.5. The summed E-state index contributed by atoms with van der Waals surface area (Å²) in [7, 11) is 3.72. The molecule has 0 aliphatic heterocycles. The molecule has 3 aromatic carbocycles. The maximum Gasteiger partial charge on any atom is 0.573 e. The molecule has 0 saturated heterocycles. The molecule has 0 amide bonds. The molecule has 3 heterocycles. The van der Waals surface area contributed by atoms with E-state index in [2.05, 4.69) is 14.7 Å². The molecule has 262 valence electrons. The van der Waals surface area contributed by atoms with Crippen LogP contribution in [0.1, 0.15) is 11.1 Å². The summed E-state index contributed by atoms with van der Waals surface area (Å²) in [5.74, 6) is 1.52. The van der Waals surface area contributed by atoms with Crippen LogP contribution in [0.3, 0.4) is 0 Å². The summed E-state index contributed by atoms with van der Waals surface area (Å²) in [4.78, 5) is 7.66. The van der Waals surface area contributed by atoms with Gasteiger partial charge < -0.3 is 33.2 Å². The molecule has 0 atom stereocenters. The first-order valence-corrected chi connectivity index (χ1v) is 16.5. The van der Waals surface area contributed by atoms with Crippen molar-refractivity contribution in [1.82, 2.24) is 18.8 Å². The zero-order valence-electron chi connectivity index (χ0n) is 27.7.